The first-order valence-electron chi connectivity index (χ1n) is 4.85. The van der Waals surface area contributed by atoms with Crippen molar-refractivity contribution in [2.24, 2.45) is 4.99 Å². The molecule has 2 N–H and O–H groups in total. The molecule has 0 aliphatic carbocycles. The van der Waals surface area contributed by atoms with Crippen molar-refractivity contribution in [2.45, 2.75) is 6.92 Å². The number of aliphatic imine (C=N–C) groups is 1. The van der Waals surface area contributed by atoms with Crippen molar-refractivity contribution in [3.8, 4) is 0 Å². The van der Waals surface area contributed by atoms with Gasteiger partial charge >= 0.3 is 5.97 Å². The third-order valence-corrected chi connectivity index (χ3v) is 2.00. The molecule has 86 valence electrons. The van der Waals surface area contributed by atoms with E-state index in [2.05, 4.69) is 17.0 Å². The van der Waals surface area contributed by atoms with Crippen LogP contribution in [0, 0.1) is 0 Å². The molecule has 1 rings (SSSR count). The molecule has 0 aliphatic heterocycles. The number of rotatable bonds is 6. The lowest BCUT2D eigenvalue weighted by atomic mass is 10.1. The number of carboxylic acid groups (broad SMARTS) is 1. The average Bonchev–Trinajstić information content (AvgIpc) is 2.29. The molecule has 0 heterocycles. The van der Waals surface area contributed by atoms with E-state index in [1.54, 1.807) is 12.1 Å². The van der Waals surface area contributed by atoms with Crippen molar-refractivity contribution in [3.63, 3.8) is 0 Å². The van der Waals surface area contributed by atoms with Gasteiger partial charge in [-0.25, -0.2) is 4.79 Å². The summed E-state index contributed by atoms with van der Waals surface area (Å²) in [5.41, 5.74) is 1.09. The summed E-state index contributed by atoms with van der Waals surface area (Å²) < 4.78 is 5.11. The highest BCUT2D eigenvalue weighted by molar-refractivity contribution is 5.97. The number of para-hydroxylation sites is 1. The molecule has 0 fully saturated rings. The lowest BCUT2D eigenvalue weighted by molar-refractivity contribution is 0.0697. The first kappa shape index (κ1) is 12.2. The number of anilines is 1. The van der Waals surface area contributed by atoms with Gasteiger partial charge in [-0.15, -0.1) is 0 Å². The molecule has 0 bridgehead atoms. The Morgan fingerprint density at radius 3 is 2.94 bits per heavy atom. The zero-order valence-electron chi connectivity index (χ0n) is 9.06. The summed E-state index contributed by atoms with van der Waals surface area (Å²) in [6.45, 7) is 6.05. The highest BCUT2D eigenvalue weighted by Gasteiger charge is 2.12. The van der Waals surface area contributed by atoms with Gasteiger partial charge in [-0.3, -0.25) is 4.99 Å². The standard InChI is InChI=1S/C11H14N2O3/c1-3-16-7-13-10-8(11(14)15)5-4-6-9(10)12-2/h4-6,13H,2-3,7H2,1H3,(H,14,15). The van der Waals surface area contributed by atoms with Gasteiger partial charge in [0.25, 0.3) is 0 Å². The first-order chi connectivity index (χ1) is 7.70. The number of carbonyl (C=O) groups is 1. The monoisotopic (exact) mass is 222 g/mol. The summed E-state index contributed by atoms with van der Waals surface area (Å²) in [4.78, 5) is 14.7. The molecule has 0 aliphatic rings. The van der Waals surface area contributed by atoms with E-state index in [4.69, 9.17) is 9.84 Å². The van der Waals surface area contributed by atoms with Gasteiger partial charge < -0.3 is 15.2 Å². The molecule has 0 saturated carbocycles. The maximum Gasteiger partial charge on any atom is 0.337 e. The smallest absolute Gasteiger partial charge is 0.337 e. The Bertz CT molecular complexity index is 391. The minimum absolute atomic E-state index is 0.157. The van der Waals surface area contributed by atoms with Crippen molar-refractivity contribution in [1.82, 2.24) is 0 Å². The molecule has 5 heteroatoms. The minimum atomic E-state index is -1.01. The Kier molecular flexibility index (Phi) is 4.47. The Balaban J connectivity index is 3.00. The fourth-order valence-electron chi connectivity index (χ4n) is 1.26. The topological polar surface area (TPSA) is 70.9 Å². The van der Waals surface area contributed by atoms with E-state index in [0.717, 1.165) is 0 Å². The highest BCUT2D eigenvalue weighted by Crippen LogP contribution is 2.28. The van der Waals surface area contributed by atoms with Crippen LogP contribution < -0.4 is 5.32 Å². The zero-order valence-corrected chi connectivity index (χ0v) is 9.06. The Morgan fingerprint density at radius 1 is 1.62 bits per heavy atom. The van der Waals surface area contributed by atoms with Gasteiger partial charge in [-0.05, 0) is 25.8 Å². The Morgan fingerprint density at radius 2 is 2.38 bits per heavy atom. The SMILES string of the molecule is C=Nc1cccc(C(=O)O)c1NCOCC. The van der Waals surface area contributed by atoms with Gasteiger partial charge in [-0.2, -0.15) is 0 Å². The van der Waals surface area contributed by atoms with Crippen molar-refractivity contribution >= 4 is 24.1 Å². The molecule has 0 aromatic heterocycles. The first-order valence-corrected chi connectivity index (χ1v) is 4.85. The summed E-state index contributed by atoms with van der Waals surface area (Å²) >= 11 is 0. The van der Waals surface area contributed by atoms with Gasteiger partial charge in [0.1, 0.15) is 6.73 Å². The van der Waals surface area contributed by atoms with Crippen LogP contribution in [0.4, 0.5) is 11.4 Å². The largest absolute Gasteiger partial charge is 0.478 e. The number of hydrogen-bond donors (Lipinski definition) is 2. The number of aromatic carboxylic acids is 1. The average molecular weight is 222 g/mol. The number of benzene rings is 1. The van der Waals surface area contributed by atoms with Gasteiger partial charge in [0.2, 0.25) is 0 Å². The third kappa shape index (κ3) is 2.80. The van der Waals surface area contributed by atoms with Crippen molar-refractivity contribution in [2.75, 3.05) is 18.7 Å². The summed E-state index contributed by atoms with van der Waals surface area (Å²) in [5.74, 6) is -1.01. The van der Waals surface area contributed by atoms with Crippen LogP contribution >= 0.6 is 0 Å². The number of hydrogen-bond acceptors (Lipinski definition) is 4. The zero-order chi connectivity index (χ0) is 12.0. The van der Waals surface area contributed by atoms with Gasteiger partial charge in [0.05, 0.1) is 16.9 Å². The van der Waals surface area contributed by atoms with E-state index >= 15 is 0 Å². The number of nitrogens with one attached hydrogen (secondary N) is 1. The molecule has 0 radical (unpaired) electrons. The van der Waals surface area contributed by atoms with Crippen LogP contribution in [0.2, 0.25) is 0 Å². The molecule has 16 heavy (non-hydrogen) atoms. The van der Waals surface area contributed by atoms with Crippen LogP contribution in [0.3, 0.4) is 0 Å². The molecular weight excluding hydrogens is 208 g/mol. The molecule has 5 nitrogen and oxygen atoms in total. The summed E-state index contributed by atoms with van der Waals surface area (Å²) in [7, 11) is 0. The van der Waals surface area contributed by atoms with Crippen molar-refractivity contribution < 1.29 is 14.6 Å². The quantitative estimate of drug-likeness (QED) is 0.439. The summed E-state index contributed by atoms with van der Waals surface area (Å²) in [6.07, 6.45) is 0. The Labute approximate surface area is 93.8 Å². The van der Waals surface area contributed by atoms with E-state index in [9.17, 15) is 4.79 Å². The lowest BCUT2D eigenvalue weighted by Gasteiger charge is -2.11. The lowest BCUT2D eigenvalue weighted by Crippen LogP contribution is -2.10. The van der Waals surface area contributed by atoms with Crippen molar-refractivity contribution in [1.29, 1.82) is 0 Å². The molecule has 0 amide bonds. The minimum Gasteiger partial charge on any atom is -0.478 e. The number of nitrogens with zero attached hydrogens (tertiary/aromatic N) is 1. The second-order valence-corrected chi connectivity index (χ2v) is 2.98. The normalized spacial score (nSPS) is 9.81. The summed E-state index contributed by atoms with van der Waals surface area (Å²) in [5, 5.41) is 11.9. The van der Waals surface area contributed by atoms with Crippen LogP contribution in [0.15, 0.2) is 23.2 Å². The van der Waals surface area contributed by atoms with Crippen LogP contribution in [-0.4, -0.2) is 31.1 Å². The van der Waals surface area contributed by atoms with E-state index in [1.165, 1.54) is 6.07 Å². The molecule has 1 aromatic carbocycles. The van der Waals surface area contributed by atoms with E-state index in [-0.39, 0.29) is 12.3 Å². The van der Waals surface area contributed by atoms with Crippen molar-refractivity contribution in [3.05, 3.63) is 23.8 Å². The molecule has 0 atom stereocenters. The predicted molar refractivity (Wildman–Crippen MR) is 62.7 cm³/mol. The fraction of sp³-hybridized carbons (Fsp3) is 0.273. The van der Waals surface area contributed by atoms with E-state index in [1.807, 2.05) is 6.92 Å². The van der Waals surface area contributed by atoms with E-state index < -0.39 is 5.97 Å². The maximum absolute atomic E-state index is 11.0. The predicted octanol–water partition coefficient (Wildman–Crippen LogP) is 2.12. The second kappa shape index (κ2) is 5.87. The van der Waals surface area contributed by atoms with Gasteiger partial charge in [0, 0.05) is 6.61 Å². The molecular formula is C11H14N2O3. The molecule has 0 spiro atoms. The van der Waals surface area contributed by atoms with Crippen LogP contribution in [0.1, 0.15) is 17.3 Å². The molecule has 0 saturated heterocycles. The fourth-order valence-corrected chi connectivity index (χ4v) is 1.26. The van der Waals surface area contributed by atoms with Crippen LogP contribution in [0.25, 0.3) is 0 Å². The van der Waals surface area contributed by atoms with Crippen LogP contribution in [-0.2, 0) is 4.74 Å². The highest BCUT2D eigenvalue weighted by atomic mass is 16.5. The van der Waals surface area contributed by atoms with Gasteiger partial charge in [0.15, 0.2) is 0 Å². The molecule has 1 aromatic rings. The maximum atomic E-state index is 11.0. The third-order valence-electron chi connectivity index (χ3n) is 2.00. The Hall–Kier alpha value is -1.88. The molecule has 0 unspecified atom stereocenters. The van der Waals surface area contributed by atoms with E-state index in [0.29, 0.717) is 18.0 Å². The van der Waals surface area contributed by atoms with Gasteiger partial charge in [-0.1, -0.05) is 6.07 Å². The number of ether oxygens (including phenoxy) is 1. The van der Waals surface area contributed by atoms with Crippen LogP contribution in [0.5, 0.6) is 0 Å². The summed E-state index contributed by atoms with van der Waals surface area (Å²) in [6, 6.07) is 4.82. The second-order valence-electron chi connectivity index (χ2n) is 2.98. The number of carboxylic acids is 1.